The zero-order valence-electron chi connectivity index (χ0n) is 17.6. The lowest BCUT2D eigenvalue weighted by Gasteiger charge is -2.22. The molecule has 2 aromatic heterocycles. The van der Waals surface area contributed by atoms with Crippen LogP contribution in [0, 0.1) is 11.2 Å². The van der Waals surface area contributed by atoms with E-state index in [1.54, 1.807) is 32.4 Å². The number of fused-ring (bicyclic) bond motifs is 5. The van der Waals surface area contributed by atoms with Crippen LogP contribution in [-0.4, -0.2) is 33.2 Å². The van der Waals surface area contributed by atoms with Gasteiger partial charge in [0.05, 0.1) is 23.3 Å². The van der Waals surface area contributed by atoms with Crippen LogP contribution in [0.5, 0.6) is 5.75 Å². The van der Waals surface area contributed by atoms with Crippen molar-refractivity contribution >= 4 is 17.2 Å². The molecule has 1 aromatic carbocycles. The Morgan fingerprint density at radius 1 is 1.35 bits per heavy atom. The molecule has 0 radical (unpaired) electrons. The van der Waals surface area contributed by atoms with Crippen molar-refractivity contribution in [3.8, 4) is 17.0 Å². The Kier molecular flexibility index (Phi) is 5.41. The number of hydrogen-bond acceptors (Lipinski definition) is 7. The molecule has 160 valence electrons. The lowest BCUT2D eigenvalue weighted by molar-refractivity contribution is 0.227. The maximum absolute atomic E-state index is 14.1. The van der Waals surface area contributed by atoms with E-state index in [9.17, 15) is 4.39 Å². The van der Waals surface area contributed by atoms with Crippen LogP contribution in [0.1, 0.15) is 36.6 Å². The highest BCUT2D eigenvalue weighted by atomic mass is 19.1. The molecule has 2 bridgehead atoms. The molecule has 1 atom stereocenters. The number of pyridine rings is 1. The Labute approximate surface area is 179 Å². The van der Waals surface area contributed by atoms with Gasteiger partial charge in [0, 0.05) is 48.5 Å². The van der Waals surface area contributed by atoms with Crippen LogP contribution in [0.15, 0.2) is 41.8 Å². The third-order valence-electron chi connectivity index (χ3n) is 5.29. The second-order valence-electron chi connectivity index (χ2n) is 7.27. The van der Waals surface area contributed by atoms with Crippen molar-refractivity contribution in [1.82, 2.24) is 20.2 Å². The molecule has 1 aliphatic heterocycles. The number of aromatic nitrogens is 3. The highest BCUT2D eigenvalue weighted by molar-refractivity contribution is 6.47. The Bertz CT molecular complexity index is 1180. The summed E-state index contributed by atoms with van der Waals surface area (Å²) >= 11 is 0. The van der Waals surface area contributed by atoms with E-state index in [0.717, 1.165) is 16.8 Å². The largest absolute Gasteiger partial charge is 0.482 e. The third kappa shape index (κ3) is 3.74. The van der Waals surface area contributed by atoms with Gasteiger partial charge in [-0.25, -0.2) is 9.37 Å². The Balaban J connectivity index is 1.99. The third-order valence-corrected chi connectivity index (χ3v) is 5.29. The molecule has 9 heteroatoms. The summed E-state index contributed by atoms with van der Waals surface area (Å²) in [6.45, 7) is 4.45. The highest BCUT2D eigenvalue weighted by Gasteiger charge is 2.24. The number of benzene rings is 1. The zero-order chi connectivity index (χ0) is 22.1. The molecule has 4 N–H and O–H groups in total. The molecule has 4 rings (SSSR count). The van der Waals surface area contributed by atoms with Gasteiger partial charge in [0.1, 0.15) is 11.9 Å². The van der Waals surface area contributed by atoms with Crippen LogP contribution in [-0.2, 0) is 13.0 Å². The van der Waals surface area contributed by atoms with Crippen LogP contribution in [0.25, 0.3) is 11.3 Å². The van der Waals surface area contributed by atoms with Gasteiger partial charge < -0.3 is 15.9 Å². The molecule has 0 saturated heterocycles. The molecule has 3 aromatic rings. The van der Waals surface area contributed by atoms with Gasteiger partial charge >= 0.3 is 0 Å². The standard InChI is InChI=1S/C22H24FN7O/c1-4-30-21-13(11-28-30)7-18(29-26-3)20(24)16-6-5-15(23)9-17(16)12(2)31-19-8-14(21)10-27-22(19)25/h5-6,8-12,24,26H,4,7H2,1-3H3,(H2,25,27)/b24-20?,29-18-. The number of anilines is 1. The fourth-order valence-electron chi connectivity index (χ4n) is 3.81. The molecule has 0 aliphatic carbocycles. The first kappa shape index (κ1) is 20.5. The molecule has 0 fully saturated rings. The normalized spacial score (nSPS) is 17.2. The maximum Gasteiger partial charge on any atom is 0.166 e. The first-order chi connectivity index (χ1) is 14.9. The average Bonchev–Trinajstić information content (AvgIpc) is 3.16. The summed E-state index contributed by atoms with van der Waals surface area (Å²) in [6.07, 6.45) is 3.24. The Morgan fingerprint density at radius 3 is 2.90 bits per heavy atom. The van der Waals surface area contributed by atoms with Crippen LogP contribution < -0.4 is 15.9 Å². The first-order valence-corrected chi connectivity index (χ1v) is 10.0. The van der Waals surface area contributed by atoms with Gasteiger partial charge in [0.15, 0.2) is 11.6 Å². The van der Waals surface area contributed by atoms with Crippen LogP contribution >= 0.6 is 0 Å². The van der Waals surface area contributed by atoms with Gasteiger partial charge in [-0.3, -0.25) is 10.1 Å². The molecule has 31 heavy (non-hydrogen) atoms. The summed E-state index contributed by atoms with van der Waals surface area (Å²) in [5.74, 6) is 0.223. The molecule has 3 heterocycles. The summed E-state index contributed by atoms with van der Waals surface area (Å²) in [5, 5.41) is 17.7. The second-order valence-corrected chi connectivity index (χ2v) is 7.27. The second kappa shape index (κ2) is 8.17. The molecule has 0 spiro atoms. The smallest absolute Gasteiger partial charge is 0.166 e. The van der Waals surface area contributed by atoms with E-state index in [0.29, 0.717) is 35.6 Å². The van der Waals surface area contributed by atoms with Gasteiger partial charge in [-0.05, 0) is 38.1 Å². The maximum atomic E-state index is 14.1. The number of aryl methyl sites for hydroxylation is 1. The van der Waals surface area contributed by atoms with Crippen molar-refractivity contribution in [3.63, 3.8) is 0 Å². The minimum absolute atomic E-state index is 0.185. The van der Waals surface area contributed by atoms with Crippen molar-refractivity contribution in [2.75, 3.05) is 12.8 Å². The van der Waals surface area contributed by atoms with E-state index in [1.807, 2.05) is 17.7 Å². The van der Waals surface area contributed by atoms with Crippen LogP contribution in [0.4, 0.5) is 10.2 Å². The van der Waals surface area contributed by atoms with E-state index < -0.39 is 11.9 Å². The molecular weight excluding hydrogens is 397 g/mol. The summed E-state index contributed by atoms with van der Waals surface area (Å²) in [4.78, 5) is 4.31. The number of nitrogens with one attached hydrogen (secondary N) is 2. The SMILES string of the molecule is CCn1ncc2c1-c1cnc(N)c(c1)OC(C)c1cc(F)ccc1C(=N)/C(=N\NC)C2. The van der Waals surface area contributed by atoms with Crippen LogP contribution in [0.2, 0.25) is 0 Å². The van der Waals surface area contributed by atoms with E-state index >= 15 is 0 Å². The van der Waals surface area contributed by atoms with E-state index in [1.165, 1.54) is 12.1 Å². The van der Waals surface area contributed by atoms with Crippen molar-refractivity contribution in [3.05, 3.63) is 59.2 Å². The number of hydrogen-bond donors (Lipinski definition) is 3. The monoisotopic (exact) mass is 421 g/mol. The first-order valence-electron chi connectivity index (χ1n) is 10.0. The summed E-state index contributed by atoms with van der Waals surface area (Å²) in [5.41, 5.74) is 13.2. The van der Waals surface area contributed by atoms with Gasteiger partial charge in [0.25, 0.3) is 0 Å². The predicted molar refractivity (Wildman–Crippen MR) is 118 cm³/mol. The number of ether oxygens (including phenoxy) is 1. The number of nitrogens with two attached hydrogens (primary N) is 1. The molecule has 1 aliphatic rings. The van der Waals surface area contributed by atoms with E-state index in [4.69, 9.17) is 15.9 Å². The van der Waals surface area contributed by atoms with Gasteiger partial charge in [-0.15, -0.1) is 0 Å². The quantitative estimate of drug-likeness (QED) is 0.549. The molecule has 1 unspecified atom stereocenters. The predicted octanol–water partition coefficient (Wildman–Crippen LogP) is 3.33. The highest BCUT2D eigenvalue weighted by Crippen LogP contribution is 2.34. The minimum atomic E-state index is -0.573. The van der Waals surface area contributed by atoms with E-state index in [-0.39, 0.29) is 11.5 Å². The van der Waals surface area contributed by atoms with Gasteiger partial charge in [-0.1, -0.05) is 0 Å². The van der Waals surface area contributed by atoms with Crippen molar-refractivity contribution in [2.24, 2.45) is 5.10 Å². The van der Waals surface area contributed by atoms with Crippen molar-refractivity contribution in [1.29, 1.82) is 5.41 Å². The topological polar surface area (TPSA) is 114 Å². The number of nitrogens with zero attached hydrogens (tertiary/aromatic N) is 4. The lowest BCUT2D eigenvalue weighted by atomic mass is 9.93. The Morgan fingerprint density at radius 2 is 2.16 bits per heavy atom. The van der Waals surface area contributed by atoms with Gasteiger partial charge in [-0.2, -0.15) is 10.2 Å². The number of nitrogen functional groups attached to an aromatic ring is 1. The fraction of sp³-hybridized carbons (Fsp3) is 0.273. The van der Waals surface area contributed by atoms with E-state index in [2.05, 4.69) is 20.6 Å². The summed E-state index contributed by atoms with van der Waals surface area (Å²) in [6, 6.07) is 6.12. The molecule has 0 amide bonds. The fourth-order valence-corrected chi connectivity index (χ4v) is 3.81. The minimum Gasteiger partial charge on any atom is -0.482 e. The van der Waals surface area contributed by atoms with Crippen molar-refractivity contribution in [2.45, 2.75) is 32.9 Å². The number of hydrazone groups is 1. The number of rotatable bonds is 2. The number of halogens is 1. The molecule has 0 saturated carbocycles. The van der Waals surface area contributed by atoms with Gasteiger partial charge in [0.2, 0.25) is 0 Å². The Hall–Kier alpha value is -3.75. The summed E-state index contributed by atoms with van der Waals surface area (Å²) < 4.78 is 22.1. The molecule has 8 nitrogen and oxygen atoms in total. The summed E-state index contributed by atoms with van der Waals surface area (Å²) in [7, 11) is 1.68. The lowest BCUT2D eigenvalue weighted by Crippen LogP contribution is -2.23. The van der Waals surface area contributed by atoms with Crippen molar-refractivity contribution < 1.29 is 9.13 Å². The van der Waals surface area contributed by atoms with Crippen LogP contribution in [0.3, 0.4) is 0 Å². The zero-order valence-corrected chi connectivity index (χ0v) is 17.6. The molecular formula is C22H24FN7O. The average molecular weight is 421 g/mol.